The van der Waals surface area contributed by atoms with Crippen molar-refractivity contribution >= 4 is 39.1 Å². The third-order valence-electron chi connectivity index (χ3n) is 2.72. The molecule has 0 fully saturated rings. The molecule has 0 aliphatic carbocycles. The Labute approximate surface area is 141 Å². The van der Waals surface area contributed by atoms with Gasteiger partial charge < -0.3 is 15.4 Å². The molecule has 0 radical (unpaired) electrons. The third-order valence-corrected chi connectivity index (χ3v) is 3.34. The first-order valence-electron chi connectivity index (χ1n) is 6.69. The number of carbonyl (C=O) groups excluding carboxylic acids is 2. The summed E-state index contributed by atoms with van der Waals surface area (Å²) in [5, 5.41) is 5.28. The zero-order chi connectivity index (χ0) is 16.8. The van der Waals surface area contributed by atoms with Crippen LogP contribution in [0.3, 0.4) is 0 Å². The van der Waals surface area contributed by atoms with Gasteiger partial charge in [0.2, 0.25) is 5.91 Å². The van der Waals surface area contributed by atoms with Gasteiger partial charge in [-0.05, 0) is 52.3 Å². The highest BCUT2D eigenvalue weighted by molar-refractivity contribution is 9.10. The molecule has 2 amide bonds. The van der Waals surface area contributed by atoms with Crippen molar-refractivity contribution in [2.45, 2.75) is 6.92 Å². The second kappa shape index (κ2) is 7.73. The molecular formula is C16H14BrFN2O3. The number of anilines is 2. The van der Waals surface area contributed by atoms with Crippen molar-refractivity contribution in [2.24, 2.45) is 0 Å². The van der Waals surface area contributed by atoms with Crippen molar-refractivity contribution in [2.75, 3.05) is 17.2 Å². The van der Waals surface area contributed by atoms with E-state index in [2.05, 4.69) is 26.6 Å². The van der Waals surface area contributed by atoms with E-state index in [4.69, 9.17) is 4.74 Å². The summed E-state index contributed by atoms with van der Waals surface area (Å²) in [7, 11) is 0. The molecule has 0 saturated heterocycles. The minimum Gasteiger partial charge on any atom is -0.483 e. The van der Waals surface area contributed by atoms with Gasteiger partial charge in [-0.2, -0.15) is 0 Å². The average Bonchev–Trinajstić information content (AvgIpc) is 2.46. The topological polar surface area (TPSA) is 67.4 Å². The van der Waals surface area contributed by atoms with E-state index < -0.39 is 5.82 Å². The van der Waals surface area contributed by atoms with E-state index in [9.17, 15) is 14.0 Å². The molecule has 0 atom stereocenters. The summed E-state index contributed by atoms with van der Waals surface area (Å²) in [6.45, 7) is 1.17. The first kappa shape index (κ1) is 17.0. The summed E-state index contributed by atoms with van der Waals surface area (Å²) in [4.78, 5) is 22.9. The van der Waals surface area contributed by atoms with Gasteiger partial charge in [0, 0.05) is 18.3 Å². The SMILES string of the molecule is CC(=O)Nc1cccc(NC(=O)COc2ccc(F)cc2Br)c1. The molecule has 2 rings (SSSR count). The van der Waals surface area contributed by atoms with E-state index in [-0.39, 0.29) is 18.4 Å². The lowest BCUT2D eigenvalue weighted by atomic mass is 10.2. The van der Waals surface area contributed by atoms with Crippen molar-refractivity contribution in [1.29, 1.82) is 0 Å². The lowest BCUT2D eigenvalue weighted by Crippen LogP contribution is -2.20. The van der Waals surface area contributed by atoms with E-state index in [1.54, 1.807) is 24.3 Å². The largest absolute Gasteiger partial charge is 0.483 e. The maximum absolute atomic E-state index is 13.0. The summed E-state index contributed by atoms with van der Waals surface area (Å²) in [6, 6.07) is 10.7. The van der Waals surface area contributed by atoms with Crippen LogP contribution in [0.4, 0.5) is 15.8 Å². The van der Waals surface area contributed by atoms with Gasteiger partial charge in [-0.15, -0.1) is 0 Å². The number of benzene rings is 2. The van der Waals surface area contributed by atoms with E-state index >= 15 is 0 Å². The van der Waals surface area contributed by atoms with Crippen LogP contribution in [0.1, 0.15) is 6.92 Å². The molecule has 0 aromatic heterocycles. The minimum atomic E-state index is -0.400. The average molecular weight is 381 g/mol. The van der Waals surface area contributed by atoms with Gasteiger partial charge in [-0.1, -0.05) is 6.07 Å². The summed E-state index contributed by atoms with van der Waals surface area (Å²) in [5.41, 5.74) is 1.11. The van der Waals surface area contributed by atoms with Crippen molar-refractivity contribution in [1.82, 2.24) is 0 Å². The van der Waals surface area contributed by atoms with Crippen molar-refractivity contribution < 1.29 is 18.7 Å². The molecule has 0 heterocycles. The van der Waals surface area contributed by atoms with Gasteiger partial charge >= 0.3 is 0 Å². The molecule has 2 aromatic carbocycles. The Morgan fingerprint density at radius 2 is 1.83 bits per heavy atom. The fourth-order valence-electron chi connectivity index (χ4n) is 1.81. The Morgan fingerprint density at radius 3 is 2.48 bits per heavy atom. The quantitative estimate of drug-likeness (QED) is 0.832. The number of ether oxygens (including phenoxy) is 1. The Balaban J connectivity index is 1.93. The van der Waals surface area contributed by atoms with Crippen LogP contribution >= 0.6 is 15.9 Å². The summed E-state index contributed by atoms with van der Waals surface area (Å²) in [5.74, 6) is -0.601. The van der Waals surface area contributed by atoms with Gasteiger partial charge in [0.15, 0.2) is 6.61 Å². The van der Waals surface area contributed by atoms with Gasteiger partial charge in [0.1, 0.15) is 11.6 Å². The highest BCUT2D eigenvalue weighted by atomic mass is 79.9. The fraction of sp³-hybridized carbons (Fsp3) is 0.125. The van der Waals surface area contributed by atoms with Crippen LogP contribution in [0.5, 0.6) is 5.75 Å². The molecule has 0 saturated carbocycles. The molecule has 0 bridgehead atoms. The predicted octanol–water partition coefficient (Wildman–Crippen LogP) is 3.56. The highest BCUT2D eigenvalue weighted by Gasteiger charge is 2.07. The number of hydrogen-bond donors (Lipinski definition) is 2. The van der Waals surface area contributed by atoms with E-state index in [1.165, 1.54) is 25.1 Å². The summed E-state index contributed by atoms with van der Waals surface area (Å²) in [6.07, 6.45) is 0. The Morgan fingerprint density at radius 1 is 1.13 bits per heavy atom. The predicted molar refractivity (Wildman–Crippen MR) is 89.0 cm³/mol. The van der Waals surface area contributed by atoms with Crippen molar-refractivity contribution in [3.63, 3.8) is 0 Å². The van der Waals surface area contributed by atoms with Gasteiger partial charge in [-0.25, -0.2) is 4.39 Å². The first-order valence-corrected chi connectivity index (χ1v) is 7.48. The number of rotatable bonds is 5. The molecule has 0 spiro atoms. The van der Waals surface area contributed by atoms with Gasteiger partial charge in [0.25, 0.3) is 5.91 Å². The van der Waals surface area contributed by atoms with Crippen LogP contribution in [0, 0.1) is 5.82 Å². The number of amides is 2. The van der Waals surface area contributed by atoms with Crippen LogP contribution in [-0.4, -0.2) is 18.4 Å². The van der Waals surface area contributed by atoms with Gasteiger partial charge in [0.05, 0.1) is 4.47 Å². The highest BCUT2D eigenvalue weighted by Crippen LogP contribution is 2.25. The summed E-state index contributed by atoms with van der Waals surface area (Å²) >= 11 is 3.16. The second-order valence-electron chi connectivity index (χ2n) is 4.67. The minimum absolute atomic E-state index is 0.196. The maximum atomic E-state index is 13.0. The molecule has 23 heavy (non-hydrogen) atoms. The monoisotopic (exact) mass is 380 g/mol. The fourth-order valence-corrected chi connectivity index (χ4v) is 2.28. The Kier molecular flexibility index (Phi) is 5.70. The van der Waals surface area contributed by atoms with Crippen molar-refractivity contribution in [3.05, 3.63) is 52.8 Å². The molecule has 5 nitrogen and oxygen atoms in total. The van der Waals surface area contributed by atoms with Crippen molar-refractivity contribution in [3.8, 4) is 5.75 Å². The van der Waals surface area contributed by atoms with Crippen LogP contribution in [-0.2, 0) is 9.59 Å². The number of carbonyl (C=O) groups is 2. The van der Waals surface area contributed by atoms with E-state index in [0.717, 1.165) is 0 Å². The smallest absolute Gasteiger partial charge is 0.262 e. The zero-order valence-corrected chi connectivity index (χ0v) is 13.8. The maximum Gasteiger partial charge on any atom is 0.262 e. The molecule has 0 aliphatic rings. The molecule has 120 valence electrons. The molecule has 2 N–H and O–H groups in total. The Bertz CT molecular complexity index is 737. The molecule has 0 unspecified atom stereocenters. The van der Waals surface area contributed by atoms with Crippen LogP contribution in [0.15, 0.2) is 46.9 Å². The van der Waals surface area contributed by atoms with Crippen LogP contribution in [0.2, 0.25) is 0 Å². The molecular weight excluding hydrogens is 367 g/mol. The molecule has 2 aromatic rings. The van der Waals surface area contributed by atoms with Crippen LogP contribution < -0.4 is 15.4 Å². The number of hydrogen-bond acceptors (Lipinski definition) is 3. The molecule has 0 aliphatic heterocycles. The van der Waals surface area contributed by atoms with Gasteiger partial charge in [-0.3, -0.25) is 9.59 Å². The van der Waals surface area contributed by atoms with Crippen LogP contribution in [0.25, 0.3) is 0 Å². The first-order chi connectivity index (χ1) is 10.9. The summed E-state index contributed by atoms with van der Waals surface area (Å²) < 4.78 is 18.7. The van der Waals surface area contributed by atoms with E-state index in [1.807, 2.05) is 0 Å². The molecule has 7 heteroatoms. The number of nitrogens with one attached hydrogen (secondary N) is 2. The second-order valence-corrected chi connectivity index (χ2v) is 5.53. The Hall–Kier alpha value is -2.41. The lowest BCUT2D eigenvalue weighted by molar-refractivity contribution is -0.118. The standard InChI is InChI=1S/C16H14BrFN2O3/c1-10(21)19-12-3-2-4-13(8-12)20-16(22)9-23-15-6-5-11(18)7-14(15)17/h2-8H,9H2,1H3,(H,19,21)(H,20,22). The number of halogens is 2. The zero-order valence-electron chi connectivity index (χ0n) is 12.2. The normalized spacial score (nSPS) is 10.0. The lowest BCUT2D eigenvalue weighted by Gasteiger charge is -2.10. The van der Waals surface area contributed by atoms with E-state index in [0.29, 0.717) is 21.6 Å². The third kappa shape index (κ3) is 5.37.